The van der Waals surface area contributed by atoms with Crippen LogP contribution in [0.1, 0.15) is 25.4 Å². The van der Waals surface area contributed by atoms with E-state index in [0.717, 1.165) is 5.69 Å². The third-order valence-electron chi connectivity index (χ3n) is 1.54. The van der Waals surface area contributed by atoms with Gasteiger partial charge in [-0.1, -0.05) is 0 Å². The molecule has 3 nitrogen and oxygen atoms in total. The fraction of sp³-hybridized carbons (Fsp3) is 0.625. The molecule has 1 heterocycles. The van der Waals surface area contributed by atoms with E-state index in [0.29, 0.717) is 5.82 Å². The number of aromatic nitrogens is 2. The molecule has 3 heteroatoms. The SMILES string of the molecule is Cc1cn(C)c(C(C)(C)O)n1. The van der Waals surface area contributed by atoms with Gasteiger partial charge in [0.05, 0.1) is 5.69 Å². The number of hydrogen-bond acceptors (Lipinski definition) is 2. The second kappa shape index (κ2) is 2.34. The van der Waals surface area contributed by atoms with Crippen molar-refractivity contribution >= 4 is 0 Å². The summed E-state index contributed by atoms with van der Waals surface area (Å²) in [4.78, 5) is 4.19. The van der Waals surface area contributed by atoms with Crippen molar-refractivity contribution in [3.63, 3.8) is 0 Å². The highest BCUT2D eigenvalue weighted by atomic mass is 16.3. The molecule has 0 bridgehead atoms. The zero-order chi connectivity index (χ0) is 8.65. The van der Waals surface area contributed by atoms with E-state index < -0.39 is 5.60 Å². The smallest absolute Gasteiger partial charge is 0.140 e. The van der Waals surface area contributed by atoms with Crippen LogP contribution in [0.15, 0.2) is 6.20 Å². The summed E-state index contributed by atoms with van der Waals surface area (Å²) in [5.74, 6) is 0.704. The van der Waals surface area contributed by atoms with Crippen molar-refractivity contribution in [2.75, 3.05) is 0 Å². The van der Waals surface area contributed by atoms with Gasteiger partial charge in [0.25, 0.3) is 0 Å². The summed E-state index contributed by atoms with van der Waals surface area (Å²) in [6.45, 7) is 5.37. The van der Waals surface area contributed by atoms with Gasteiger partial charge in [-0.3, -0.25) is 0 Å². The molecule has 0 atom stereocenters. The predicted molar refractivity (Wildman–Crippen MR) is 43.2 cm³/mol. The summed E-state index contributed by atoms with van der Waals surface area (Å²) in [6.07, 6.45) is 1.90. The van der Waals surface area contributed by atoms with E-state index in [9.17, 15) is 5.11 Å². The van der Waals surface area contributed by atoms with Crippen LogP contribution in [0.3, 0.4) is 0 Å². The summed E-state index contributed by atoms with van der Waals surface area (Å²) in [5, 5.41) is 9.60. The van der Waals surface area contributed by atoms with Gasteiger partial charge in [0.1, 0.15) is 11.4 Å². The molecule has 1 rings (SSSR count). The molecule has 0 aromatic carbocycles. The molecule has 1 aromatic rings. The van der Waals surface area contributed by atoms with Gasteiger partial charge in [-0.05, 0) is 20.8 Å². The minimum atomic E-state index is -0.844. The van der Waals surface area contributed by atoms with E-state index in [1.54, 1.807) is 13.8 Å². The van der Waals surface area contributed by atoms with Gasteiger partial charge in [0.15, 0.2) is 0 Å². The summed E-state index contributed by atoms with van der Waals surface area (Å²) < 4.78 is 1.84. The van der Waals surface area contributed by atoms with Crippen molar-refractivity contribution in [2.24, 2.45) is 7.05 Å². The number of aliphatic hydroxyl groups is 1. The van der Waals surface area contributed by atoms with Crippen molar-refractivity contribution in [1.29, 1.82) is 0 Å². The average Bonchev–Trinajstić information content (AvgIpc) is 2.08. The lowest BCUT2D eigenvalue weighted by atomic mass is 10.1. The van der Waals surface area contributed by atoms with E-state index >= 15 is 0 Å². The van der Waals surface area contributed by atoms with Gasteiger partial charge >= 0.3 is 0 Å². The lowest BCUT2D eigenvalue weighted by Crippen LogP contribution is -2.20. The zero-order valence-electron chi connectivity index (χ0n) is 7.42. The first-order valence-corrected chi connectivity index (χ1v) is 3.64. The Bertz CT molecular complexity index is 258. The van der Waals surface area contributed by atoms with Crippen molar-refractivity contribution in [1.82, 2.24) is 9.55 Å². The van der Waals surface area contributed by atoms with Crippen molar-refractivity contribution in [3.05, 3.63) is 17.7 Å². The molecule has 0 spiro atoms. The third kappa shape index (κ3) is 1.60. The highest BCUT2D eigenvalue weighted by molar-refractivity contribution is 5.07. The number of aryl methyl sites for hydroxylation is 2. The maximum absolute atomic E-state index is 9.60. The fourth-order valence-corrected chi connectivity index (χ4v) is 1.18. The van der Waals surface area contributed by atoms with Crippen LogP contribution in [0.4, 0.5) is 0 Å². The van der Waals surface area contributed by atoms with E-state index in [2.05, 4.69) is 4.98 Å². The van der Waals surface area contributed by atoms with Gasteiger partial charge in [-0.2, -0.15) is 0 Å². The van der Waals surface area contributed by atoms with E-state index in [4.69, 9.17) is 0 Å². The lowest BCUT2D eigenvalue weighted by Gasteiger charge is -2.15. The van der Waals surface area contributed by atoms with Gasteiger partial charge in [-0.25, -0.2) is 4.98 Å². The monoisotopic (exact) mass is 154 g/mol. The standard InChI is InChI=1S/C8H14N2O/c1-6-5-10(4)7(9-6)8(2,3)11/h5,11H,1-4H3. The van der Waals surface area contributed by atoms with E-state index in [1.807, 2.05) is 24.7 Å². The Morgan fingerprint density at radius 1 is 1.55 bits per heavy atom. The van der Waals surface area contributed by atoms with Gasteiger partial charge in [0, 0.05) is 13.2 Å². The summed E-state index contributed by atoms with van der Waals surface area (Å²) >= 11 is 0. The molecule has 0 aliphatic carbocycles. The van der Waals surface area contributed by atoms with Crippen molar-refractivity contribution < 1.29 is 5.11 Å². The van der Waals surface area contributed by atoms with Crippen LogP contribution in [0.5, 0.6) is 0 Å². The van der Waals surface area contributed by atoms with Gasteiger partial charge < -0.3 is 9.67 Å². The normalized spacial score (nSPS) is 12.1. The molecule has 11 heavy (non-hydrogen) atoms. The minimum Gasteiger partial charge on any atom is -0.383 e. The number of rotatable bonds is 1. The highest BCUT2D eigenvalue weighted by Crippen LogP contribution is 2.17. The highest BCUT2D eigenvalue weighted by Gasteiger charge is 2.21. The molecule has 0 aliphatic heterocycles. The molecule has 0 saturated heterocycles. The summed E-state index contributed by atoms with van der Waals surface area (Å²) in [5.41, 5.74) is 0.0906. The zero-order valence-corrected chi connectivity index (χ0v) is 7.42. The van der Waals surface area contributed by atoms with Crippen molar-refractivity contribution in [2.45, 2.75) is 26.4 Å². The quantitative estimate of drug-likeness (QED) is 0.654. The third-order valence-corrected chi connectivity index (χ3v) is 1.54. The molecular weight excluding hydrogens is 140 g/mol. The van der Waals surface area contributed by atoms with Crippen LogP contribution in [0.25, 0.3) is 0 Å². The Kier molecular flexibility index (Phi) is 1.76. The molecule has 0 radical (unpaired) electrons. The molecule has 0 amide bonds. The van der Waals surface area contributed by atoms with Crippen molar-refractivity contribution in [3.8, 4) is 0 Å². The molecule has 1 aromatic heterocycles. The first-order chi connectivity index (χ1) is 4.91. The van der Waals surface area contributed by atoms with Crippen LogP contribution < -0.4 is 0 Å². The Morgan fingerprint density at radius 3 is 2.27 bits per heavy atom. The first kappa shape index (κ1) is 8.27. The Balaban J connectivity index is 3.13. The molecule has 0 fully saturated rings. The predicted octanol–water partition coefficient (Wildman–Crippen LogP) is 0.956. The molecule has 62 valence electrons. The minimum absolute atomic E-state index is 0.704. The second-order valence-electron chi connectivity index (χ2n) is 3.38. The summed E-state index contributed by atoms with van der Waals surface area (Å²) in [7, 11) is 1.88. The Morgan fingerprint density at radius 2 is 2.09 bits per heavy atom. The second-order valence-corrected chi connectivity index (χ2v) is 3.38. The summed E-state index contributed by atoms with van der Waals surface area (Å²) in [6, 6.07) is 0. The first-order valence-electron chi connectivity index (χ1n) is 3.64. The van der Waals surface area contributed by atoms with Gasteiger partial charge in [0.2, 0.25) is 0 Å². The fourth-order valence-electron chi connectivity index (χ4n) is 1.18. The molecule has 0 aliphatic rings. The molecule has 0 saturated carbocycles. The molecule has 0 unspecified atom stereocenters. The number of imidazole rings is 1. The maximum atomic E-state index is 9.60. The van der Waals surface area contributed by atoms with E-state index in [1.165, 1.54) is 0 Å². The van der Waals surface area contributed by atoms with Crippen LogP contribution >= 0.6 is 0 Å². The average molecular weight is 154 g/mol. The maximum Gasteiger partial charge on any atom is 0.140 e. The lowest BCUT2D eigenvalue weighted by molar-refractivity contribution is 0.0658. The number of hydrogen-bond donors (Lipinski definition) is 1. The van der Waals surface area contributed by atoms with Gasteiger partial charge in [-0.15, -0.1) is 0 Å². The molecular formula is C8H14N2O. The van der Waals surface area contributed by atoms with Crippen LogP contribution in [0, 0.1) is 6.92 Å². The number of nitrogens with zero attached hydrogens (tertiary/aromatic N) is 2. The van der Waals surface area contributed by atoms with Crippen LogP contribution in [-0.4, -0.2) is 14.7 Å². The Labute approximate surface area is 66.7 Å². The molecule has 1 N–H and O–H groups in total. The largest absolute Gasteiger partial charge is 0.383 e. The Hall–Kier alpha value is -0.830. The topological polar surface area (TPSA) is 38.0 Å². The van der Waals surface area contributed by atoms with Crippen LogP contribution in [0.2, 0.25) is 0 Å². The van der Waals surface area contributed by atoms with Crippen LogP contribution in [-0.2, 0) is 12.6 Å². The van der Waals surface area contributed by atoms with E-state index in [-0.39, 0.29) is 0 Å².